The van der Waals surface area contributed by atoms with Crippen molar-refractivity contribution in [3.05, 3.63) is 35.3 Å². The van der Waals surface area contributed by atoms with Gasteiger partial charge in [-0.25, -0.2) is 4.39 Å². The number of fused-ring (bicyclic) bond motifs is 1. The summed E-state index contributed by atoms with van der Waals surface area (Å²) in [4.78, 5) is 14.0. The summed E-state index contributed by atoms with van der Waals surface area (Å²) in [6.45, 7) is 3.28. The van der Waals surface area contributed by atoms with Crippen LogP contribution in [0.15, 0.2) is 18.3 Å². The minimum Gasteiger partial charge on any atom is -0.361 e. The Morgan fingerprint density at radius 1 is 1.43 bits per heavy atom. The summed E-state index contributed by atoms with van der Waals surface area (Å²) in [6, 6.07) is 2.96. The van der Waals surface area contributed by atoms with E-state index in [1.807, 2.05) is 6.92 Å². The zero-order chi connectivity index (χ0) is 10.3. The average Bonchev–Trinajstić information content (AvgIpc) is 2.46. The smallest absolute Gasteiger partial charge is 0.162 e. The van der Waals surface area contributed by atoms with Gasteiger partial charge < -0.3 is 4.98 Å². The fraction of sp³-hybridized carbons (Fsp3) is 0.182. The Balaban J connectivity index is 2.80. The lowest BCUT2D eigenvalue weighted by Gasteiger charge is -1.99. The van der Waals surface area contributed by atoms with Crippen molar-refractivity contribution in [1.82, 2.24) is 4.98 Å². The first-order valence-corrected chi connectivity index (χ1v) is 4.38. The van der Waals surface area contributed by atoms with Crippen molar-refractivity contribution >= 4 is 16.7 Å². The summed E-state index contributed by atoms with van der Waals surface area (Å²) in [5.41, 5.74) is 1.90. The monoisotopic (exact) mass is 191 g/mol. The van der Waals surface area contributed by atoms with Gasteiger partial charge in [0.2, 0.25) is 0 Å². The second-order valence-corrected chi connectivity index (χ2v) is 3.41. The van der Waals surface area contributed by atoms with E-state index in [0.29, 0.717) is 0 Å². The van der Waals surface area contributed by atoms with E-state index in [0.717, 1.165) is 16.5 Å². The van der Waals surface area contributed by atoms with Crippen molar-refractivity contribution in [2.24, 2.45) is 0 Å². The van der Waals surface area contributed by atoms with Crippen molar-refractivity contribution in [3.63, 3.8) is 0 Å². The highest BCUT2D eigenvalue weighted by Gasteiger charge is 2.10. The molecule has 2 aromatic rings. The molecule has 0 fully saturated rings. The lowest BCUT2D eigenvalue weighted by atomic mass is 10.1. The number of halogens is 1. The fourth-order valence-corrected chi connectivity index (χ4v) is 1.55. The molecule has 0 amide bonds. The van der Waals surface area contributed by atoms with E-state index < -0.39 is 5.82 Å². The Kier molecular flexibility index (Phi) is 1.88. The van der Waals surface area contributed by atoms with Crippen LogP contribution < -0.4 is 0 Å². The minimum absolute atomic E-state index is 0.153. The summed E-state index contributed by atoms with van der Waals surface area (Å²) in [6.07, 6.45) is 1.80. The Morgan fingerprint density at radius 3 is 2.79 bits per heavy atom. The number of benzene rings is 1. The van der Waals surface area contributed by atoms with Gasteiger partial charge >= 0.3 is 0 Å². The zero-order valence-corrected chi connectivity index (χ0v) is 8.02. The molecule has 0 aliphatic carbocycles. The zero-order valence-electron chi connectivity index (χ0n) is 8.02. The predicted molar refractivity (Wildman–Crippen MR) is 53.0 cm³/mol. The Labute approximate surface area is 80.7 Å². The molecule has 0 aliphatic rings. The molecule has 0 saturated heterocycles. The van der Waals surface area contributed by atoms with Crippen LogP contribution >= 0.6 is 0 Å². The third kappa shape index (κ3) is 1.21. The Hall–Kier alpha value is -1.64. The van der Waals surface area contributed by atoms with Gasteiger partial charge in [-0.05, 0) is 31.5 Å². The number of carbonyl (C=O) groups excluding carboxylic acids is 1. The molecule has 1 N–H and O–H groups in total. The van der Waals surface area contributed by atoms with E-state index in [1.54, 1.807) is 12.3 Å². The number of ketones is 1. The van der Waals surface area contributed by atoms with Crippen LogP contribution in [0.3, 0.4) is 0 Å². The van der Waals surface area contributed by atoms with Gasteiger partial charge in [-0.15, -0.1) is 0 Å². The van der Waals surface area contributed by atoms with Crippen LogP contribution in [0.4, 0.5) is 4.39 Å². The first-order valence-electron chi connectivity index (χ1n) is 4.38. The van der Waals surface area contributed by atoms with Gasteiger partial charge in [0.25, 0.3) is 0 Å². The molecule has 0 radical (unpaired) electrons. The van der Waals surface area contributed by atoms with Crippen molar-refractivity contribution in [2.45, 2.75) is 13.8 Å². The molecule has 72 valence electrons. The highest BCUT2D eigenvalue weighted by molar-refractivity contribution is 5.98. The quantitative estimate of drug-likeness (QED) is 0.691. The van der Waals surface area contributed by atoms with Crippen LogP contribution in [0.1, 0.15) is 22.8 Å². The largest absolute Gasteiger partial charge is 0.361 e. The molecule has 0 spiro atoms. The van der Waals surface area contributed by atoms with Gasteiger partial charge in [0, 0.05) is 17.1 Å². The maximum atomic E-state index is 13.3. The van der Waals surface area contributed by atoms with E-state index in [-0.39, 0.29) is 11.3 Å². The fourth-order valence-electron chi connectivity index (χ4n) is 1.55. The Morgan fingerprint density at radius 2 is 2.14 bits per heavy atom. The number of carbonyl (C=O) groups is 1. The maximum Gasteiger partial charge on any atom is 0.162 e. The third-order valence-corrected chi connectivity index (χ3v) is 2.36. The van der Waals surface area contributed by atoms with Crippen LogP contribution in [0.2, 0.25) is 0 Å². The SMILES string of the molecule is CC(=O)c1cc2c(C)c[nH]c2cc1F. The van der Waals surface area contributed by atoms with Crippen molar-refractivity contribution in [3.8, 4) is 0 Å². The first-order chi connectivity index (χ1) is 6.59. The van der Waals surface area contributed by atoms with E-state index in [9.17, 15) is 9.18 Å². The molecule has 2 rings (SSSR count). The number of rotatable bonds is 1. The van der Waals surface area contributed by atoms with Crippen LogP contribution in [0.5, 0.6) is 0 Å². The number of Topliss-reactive ketones (excluding diaryl/α,β-unsaturated/α-hetero) is 1. The molecule has 14 heavy (non-hydrogen) atoms. The molecule has 1 heterocycles. The topological polar surface area (TPSA) is 32.9 Å². The summed E-state index contributed by atoms with van der Waals surface area (Å²) in [7, 11) is 0. The lowest BCUT2D eigenvalue weighted by molar-refractivity contribution is 0.101. The van der Waals surface area contributed by atoms with E-state index in [1.165, 1.54) is 13.0 Å². The molecular formula is C11H10FNO. The van der Waals surface area contributed by atoms with Crippen LogP contribution in [0, 0.1) is 12.7 Å². The summed E-state index contributed by atoms with van der Waals surface area (Å²) in [5.74, 6) is -0.711. The molecule has 0 saturated carbocycles. The molecule has 0 unspecified atom stereocenters. The van der Waals surface area contributed by atoms with Crippen LogP contribution in [-0.4, -0.2) is 10.8 Å². The van der Waals surface area contributed by atoms with E-state index in [2.05, 4.69) is 4.98 Å². The van der Waals surface area contributed by atoms with Gasteiger partial charge in [-0.3, -0.25) is 4.79 Å². The number of hydrogen-bond donors (Lipinski definition) is 1. The summed E-state index contributed by atoms with van der Waals surface area (Å²) < 4.78 is 13.3. The summed E-state index contributed by atoms with van der Waals surface area (Å²) >= 11 is 0. The second-order valence-electron chi connectivity index (χ2n) is 3.41. The van der Waals surface area contributed by atoms with Gasteiger partial charge in [0.1, 0.15) is 5.82 Å². The minimum atomic E-state index is -0.466. The van der Waals surface area contributed by atoms with Gasteiger partial charge in [-0.2, -0.15) is 0 Å². The van der Waals surface area contributed by atoms with Crippen LogP contribution in [0.25, 0.3) is 10.9 Å². The number of aromatic nitrogens is 1. The molecule has 0 atom stereocenters. The average molecular weight is 191 g/mol. The number of H-pyrrole nitrogens is 1. The highest BCUT2D eigenvalue weighted by atomic mass is 19.1. The highest BCUT2D eigenvalue weighted by Crippen LogP contribution is 2.21. The molecule has 2 nitrogen and oxygen atoms in total. The molecular weight excluding hydrogens is 181 g/mol. The first kappa shape index (κ1) is 8.94. The number of aromatic amines is 1. The van der Waals surface area contributed by atoms with Gasteiger partial charge in [0.05, 0.1) is 5.56 Å². The van der Waals surface area contributed by atoms with Crippen molar-refractivity contribution < 1.29 is 9.18 Å². The second kappa shape index (κ2) is 2.94. The van der Waals surface area contributed by atoms with Gasteiger partial charge in [-0.1, -0.05) is 0 Å². The molecule has 0 aliphatic heterocycles. The Bertz CT molecular complexity index is 513. The lowest BCUT2D eigenvalue weighted by Crippen LogP contribution is -1.96. The molecule has 1 aromatic carbocycles. The van der Waals surface area contributed by atoms with E-state index in [4.69, 9.17) is 0 Å². The molecule has 3 heteroatoms. The third-order valence-electron chi connectivity index (χ3n) is 2.36. The number of hydrogen-bond acceptors (Lipinski definition) is 1. The normalized spacial score (nSPS) is 10.8. The molecule has 1 aromatic heterocycles. The van der Waals surface area contributed by atoms with Crippen LogP contribution in [-0.2, 0) is 0 Å². The molecule has 0 bridgehead atoms. The van der Waals surface area contributed by atoms with E-state index >= 15 is 0 Å². The van der Waals surface area contributed by atoms with Gasteiger partial charge in [0.15, 0.2) is 5.78 Å². The number of aryl methyl sites for hydroxylation is 1. The predicted octanol–water partition coefficient (Wildman–Crippen LogP) is 2.82. The standard InChI is InChI=1S/C11H10FNO/c1-6-5-13-11-4-10(12)9(7(2)14)3-8(6)11/h3-5,13H,1-2H3. The number of nitrogens with one attached hydrogen (secondary N) is 1. The van der Waals surface area contributed by atoms with Crippen molar-refractivity contribution in [1.29, 1.82) is 0 Å². The maximum absolute atomic E-state index is 13.3. The summed E-state index contributed by atoms with van der Waals surface area (Å²) in [5, 5.41) is 0.900. The van der Waals surface area contributed by atoms with Crippen molar-refractivity contribution in [2.75, 3.05) is 0 Å².